The van der Waals surface area contributed by atoms with Gasteiger partial charge in [-0.15, -0.1) is 0 Å². The van der Waals surface area contributed by atoms with E-state index >= 15 is 0 Å². The van der Waals surface area contributed by atoms with Gasteiger partial charge in [-0.2, -0.15) is 0 Å². The molecule has 0 unspecified atom stereocenters. The molecule has 0 bridgehead atoms. The second-order valence-electron chi connectivity index (χ2n) is 5.10. The van der Waals surface area contributed by atoms with E-state index in [9.17, 15) is 9.59 Å². The maximum atomic E-state index is 12.1. The highest BCUT2D eigenvalue weighted by atomic mass is 16.5. The standard InChI is InChI=1S/C13H20O3/c1-5-11(15)16-9-10(14)13(4)8-6-7-12(13,2)3/h6-7H,5,8-9H2,1-4H3/t13-/m0/s1. The summed E-state index contributed by atoms with van der Waals surface area (Å²) in [6.07, 6.45) is 5.13. The van der Waals surface area contributed by atoms with Crippen molar-refractivity contribution in [2.45, 2.75) is 40.5 Å². The second kappa shape index (κ2) is 4.40. The van der Waals surface area contributed by atoms with Gasteiger partial charge in [0.2, 0.25) is 0 Å². The summed E-state index contributed by atoms with van der Waals surface area (Å²) in [7, 11) is 0. The van der Waals surface area contributed by atoms with Gasteiger partial charge in [0.1, 0.15) is 0 Å². The van der Waals surface area contributed by atoms with Gasteiger partial charge in [0.15, 0.2) is 12.4 Å². The van der Waals surface area contributed by atoms with Gasteiger partial charge in [0, 0.05) is 11.8 Å². The Morgan fingerprint density at radius 1 is 1.31 bits per heavy atom. The molecule has 0 aromatic carbocycles. The molecule has 1 atom stereocenters. The Morgan fingerprint density at radius 2 is 1.94 bits per heavy atom. The Kier molecular flexibility index (Phi) is 3.56. The topological polar surface area (TPSA) is 43.4 Å². The molecule has 1 rings (SSSR count). The second-order valence-corrected chi connectivity index (χ2v) is 5.10. The van der Waals surface area contributed by atoms with Crippen LogP contribution >= 0.6 is 0 Å². The van der Waals surface area contributed by atoms with Crippen molar-refractivity contribution in [3.05, 3.63) is 12.2 Å². The Balaban J connectivity index is 2.64. The van der Waals surface area contributed by atoms with Gasteiger partial charge < -0.3 is 4.74 Å². The van der Waals surface area contributed by atoms with Gasteiger partial charge >= 0.3 is 5.97 Å². The van der Waals surface area contributed by atoms with Gasteiger partial charge in [-0.05, 0) is 11.8 Å². The zero-order valence-electron chi connectivity index (χ0n) is 10.5. The van der Waals surface area contributed by atoms with Gasteiger partial charge in [-0.1, -0.05) is 39.8 Å². The lowest BCUT2D eigenvalue weighted by Gasteiger charge is -2.36. The number of rotatable bonds is 4. The molecular formula is C13H20O3. The predicted molar refractivity (Wildman–Crippen MR) is 61.9 cm³/mol. The number of ketones is 1. The molecule has 0 heterocycles. The van der Waals surface area contributed by atoms with Crippen molar-refractivity contribution in [1.82, 2.24) is 0 Å². The number of hydrogen-bond acceptors (Lipinski definition) is 3. The highest BCUT2D eigenvalue weighted by molar-refractivity contribution is 5.89. The van der Waals surface area contributed by atoms with E-state index in [1.54, 1.807) is 6.92 Å². The molecule has 0 spiro atoms. The maximum Gasteiger partial charge on any atom is 0.305 e. The molecule has 0 aromatic heterocycles. The van der Waals surface area contributed by atoms with Crippen LogP contribution in [0.3, 0.4) is 0 Å². The van der Waals surface area contributed by atoms with Crippen LogP contribution in [0.25, 0.3) is 0 Å². The summed E-state index contributed by atoms with van der Waals surface area (Å²) >= 11 is 0. The van der Waals surface area contributed by atoms with Crippen molar-refractivity contribution in [2.75, 3.05) is 6.61 Å². The van der Waals surface area contributed by atoms with Crippen LogP contribution in [0.2, 0.25) is 0 Å². The van der Waals surface area contributed by atoms with E-state index in [2.05, 4.69) is 6.08 Å². The van der Waals surface area contributed by atoms with Gasteiger partial charge in [-0.3, -0.25) is 9.59 Å². The van der Waals surface area contributed by atoms with Crippen molar-refractivity contribution in [2.24, 2.45) is 10.8 Å². The summed E-state index contributed by atoms with van der Waals surface area (Å²) in [4.78, 5) is 23.1. The van der Waals surface area contributed by atoms with E-state index in [1.807, 2.05) is 26.8 Å². The van der Waals surface area contributed by atoms with Crippen LogP contribution in [0, 0.1) is 10.8 Å². The lowest BCUT2D eigenvalue weighted by Crippen LogP contribution is -2.40. The summed E-state index contributed by atoms with van der Waals surface area (Å²) < 4.78 is 4.91. The van der Waals surface area contributed by atoms with Crippen molar-refractivity contribution < 1.29 is 14.3 Å². The fraction of sp³-hybridized carbons (Fsp3) is 0.692. The Bertz CT molecular complexity index is 328. The largest absolute Gasteiger partial charge is 0.458 e. The first-order valence-electron chi connectivity index (χ1n) is 5.70. The fourth-order valence-corrected chi connectivity index (χ4v) is 1.92. The molecule has 0 amide bonds. The third-order valence-electron chi connectivity index (χ3n) is 3.75. The minimum absolute atomic E-state index is 0.00398. The number of allylic oxidation sites excluding steroid dienone is 2. The molecule has 3 heteroatoms. The molecule has 0 aliphatic heterocycles. The Labute approximate surface area is 96.9 Å². The molecule has 3 nitrogen and oxygen atoms in total. The number of ether oxygens (including phenoxy) is 1. The number of esters is 1. The number of carbonyl (C=O) groups excluding carboxylic acids is 2. The average molecular weight is 224 g/mol. The van der Waals surface area contributed by atoms with Crippen LogP contribution in [-0.4, -0.2) is 18.4 Å². The molecule has 0 N–H and O–H groups in total. The molecule has 0 radical (unpaired) electrons. The number of Topliss-reactive ketones (excluding diaryl/α,β-unsaturated/α-hetero) is 1. The van der Waals surface area contributed by atoms with Crippen LogP contribution in [0.1, 0.15) is 40.5 Å². The third kappa shape index (κ3) is 2.18. The smallest absolute Gasteiger partial charge is 0.305 e. The van der Waals surface area contributed by atoms with Crippen LogP contribution in [-0.2, 0) is 14.3 Å². The molecule has 0 saturated heterocycles. The average Bonchev–Trinajstić information content (AvgIpc) is 2.50. The van der Waals surface area contributed by atoms with Crippen LogP contribution < -0.4 is 0 Å². The van der Waals surface area contributed by atoms with E-state index in [0.717, 1.165) is 6.42 Å². The predicted octanol–water partition coefficient (Wildman–Crippen LogP) is 2.50. The molecular weight excluding hydrogens is 204 g/mol. The highest BCUT2D eigenvalue weighted by Gasteiger charge is 2.47. The first-order valence-corrected chi connectivity index (χ1v) is 5.70. The van der Waals surface area contributed by atoms with Gasteiger partial charge in [-0.25, -0.2) is 0 Å². The van der Waals surface area contributed by atoms with Crippen molar-refractivity contribution in [1.29, 1.82) is 0 Å². The van der Waals surface area contributed by atoms with E-state index in [0.29, 0.717) is 6.42 Å². The summed E-state index contributed by atoms with van der Waals surface area (Å²) in [5.41, 5.74) is -0.607. The Hall–Kier alpha value is -1.12. The monoisotopic (exact) mass is 224 g/mol. The normalized spacial score (nSPS) is 26.8. The van der Waals surface area contributed by atoms with Gasteiger partial charge in [0.25, 0.3) is 0 Å². The molecule has 0 fully saturated rings. The zero-order valence-corrected chi connectivity index (χ0v) is 10.5. The van der Waals surface area contributed by atoms with Crippen LogP contribution in [0.15, 0.2) is 12.2 Å². The number of carbonyl (C=O) groups is 2. The van der Waals surface area contributed by atoms with Crippen LogP contribution in [0.4, 0.5) is 0 Å². The van der Waals surface area contributed by atoms with E-state index in [-0.39, 0.29) is 23.8 Å². The summed E-state index contributed by atoms with van der Waals surface area (Å²) in [5, 5.41) is 0. The molecule has 16 heavy (non-hydrogen) atoms. The van der Waals surface area contributed by atoms with Crippen molar-refractivity contribution in [3.8, 4) is 0 Å². The number of hydrogen-bond donors (Lipinski definition) is 0. The molecule has 1 aliphatic carbocycles. The van der Waals surface area contributed by atoms with Crippen molar-refractivity contribution >= 4 is 11.8 Å². The van der Waals surface area contributed by atoms with Crippen molar-refractivity contribution in [3.63, 3.8) is 0 Å². The third-order valence-corrected chi connectivity index (χ3v) is 3.75. The summed E-state index contributed by atoms with van der Waals surface area (Å²) in [6, 6.07) is 0. The fourth-order valence-electron chi connectivity index (χ4n) is 1.92. The van der Waals surface area contributed by atoms with Gasteiger partial charge in [0.05, 0.1) is 0 Å². The minimum Gasteiger partial charge on any atom is -0.458 e. The molecule has 1 aliphatic rings. The van der Waals surface area contributed by atoms with E-state index in [4.69, 9.17) is 4.74 Å². The van der Waals surface area contributed by atoms with E-state index in [1.165, 1.54) is 0 Å². The summed E-state index contributed by atoms with van der Waals surface area (Å²) in [5.74, 6) is -0.315. The van der Waals surface area contributed by atoms with Crippen LogP contribution in [0.5, 0.6) is 0 Å². The zero-order chi connectivity index (χ0) is 12.4. The Morgan fingerprint density at radius 3 is 2.38 bits per heavy atom. The quantitative estimate of drug-likeness (QED) is 0.544. The maximum absolute atomic E-state index is 12.1. The lowest BCUT2D eigenvalue weighted by atomic mass is 9.66. The molecule has 0 saturated carbocycles. The lowest BCUT2D eigenvalue weighted by molar-refractivity contribution is -0.151. The molecule has 90 valence electrons. The summed E-state index contributed by atoms with van der Waals surface area (Å²) in [6.45, 7) is 7.63. The first-order chi connectivity index (χ1) is 7.33. The first kappa shape index (κ1) is 12.9. The minimum atomic E-state index is -0.443. The van der Waals surface area contributed by atoms with E-state index < -0.39 is 5.41 Å². The SMILES string of the molecule is CCC(=O)OCC(=O)[C@]1(C)CC=CC1(C)C. The molecule has 0 aromatic rings. The highest BCUT2D eigenvalue weighted by Crippen LogP contribution is 2.48.